The van der Waals surface area contributed by atoms with Crippen LogP contribution >= 0.6 is 12.2 Å². The highest BCUT2D eigenvalue weighted by molar-refractivity contribution is 7.80. The molecule has 1 aromatic rings. The van der Waals surface area contributed by atoms with E-state index in [0.717, 1.165) is 30.0 Å². The number of thiocarbonyl (C=S) groups is 1. The number of nitrogens with one attached hydrogen (secondary N) is 1. The second-order valence-electron chi connectivity index (χ2n) is 5.12. The summed E-state index contributed by atoms with van der Waals surface area (Å²) >= 11 is 5.08. The molecule has 4 heteroatoms. The van der Waals surface area contributed by atoms with Gasteiger partial charge in [-0.3, -0.25) is 0 Å². The Balaban J connectivity index is 1.83. The van der Waals surface area contributed by atoms with E-state index >= 15 is 0 Å². The Labute approximate surface area is 120 Å². The molecule has 3 nitrogen and oxygen atoms in total. The van der Waals surface area contributed by atoms with Gasteiger partial charge in [0.1, 0.15) is 4.99 Å². The molecule has 1 aliphatic carbocycles. The Kier molecular flexibility index (Phi) is 5.16. The number of aryl methyl sites for hydroxylation is 1. The van der Waals surface area contributed by atoms with Gasteiger partial charge in [-0.05, 0) is 31.9 Å². The predicted molar refractivity (Wildman–Crippen MR) is 83.8 cm³/mol. The molecular weight excluding hydrogens is 256 g/mol. The van der Waals surface area contributed by atoms with E-state index in [2.05, 4.69) is 11.4 Å². The lowest BCUT2D eigenvalue weighted by Gasteiger charge is -2.14. The third-order valence-electron chi connectivity index (χ3n) is 3.51. The van der Waals surface area contributed by atoms with Gasteiger partial charge in [-0.15, -0.1) is 0 Å². The van der Waals surface area contributed by atoms with Crippen molar-refractivity contribution in [3.05, 3.63) is 29.3 Å². The summed E-state index contributed by atoms with van der Waals surface area (Å²) < 4.78 is 5.82. The van der Waals surface area contributed by atoms with Gasteiger partial charge in [0, 0.05) is 17.8 Å². The summed E-state index contributed by atoms with van der Waals surface area (Å²) in [6, 6.07) is 6.10. The molecule has 0 radical (unpaired) electrons. The first-order chi connectivity index (χ1) is 9.16. The summed E-state index contributed by atoms with van der Waals surface area (Å²) in [5.41, 5.74) is 8.82. The van der Waals surface area contributed by atoms with E-state index in [4.69, 9.17) is 22.7 Å². The van der Waals surface area contributed by atoms with Crippen LogP contribution in [-0.4, -0.2) is 24.2 Å². The highest BCUT2D eigenvalue weighted by Crippen LogP contribution is 2.21. The molecule has 104 valence electrons. The van der Waals surface area contributed by atoms with Gasteiger partial charge in [0.25, 0.3) is 0 Å². The molecule has 1 saturated carbocycles. The van der Waals surface area contributed by atoms with Crippen molar-refractivity contribution in [2.45, 2.75) is 38.7 Å². The maximum Gasteiger partial charge on any atom is 0.106 e. The molecular formula is C15H22N2OS. The van der Waals surface area contributed by atoms with Crippen molar-refractivity contribution in [3.8, 4) is 0 Å². The molecule has 0 spiro atoms. The molecule has 0 heterocycles. The summed E-state index contributed by atoms with van der Waals surface area (Å²) in [6.07, 6.45) is 5.50. The van der Waals surface area contributed by atoms with Gasteiger partial charge in [-0.1, -0.05) is 36.7 Å². The third kappa shape index (κ3) is 4.18. The molecule has 0 unspecified atom stereocenters. The van der Waals surface area contributed by atoms with Crippen LogP contribution in [0.2, 0.25) is 0 Å². The number of benzene rings is 1. The number of anilines is 1. The fourth-order valence-electron chi connectivity index (χ4n) is 2.48. The van der Waals surface area contributed by atoms with E-state index in [-0.39, 0.29) is 0 Å². The minimum Gasteiger partial charge on any atom is -0.389 e. The van der Waals surface area contributed by atoms with Crippen molar-refractivity contribution in [2.24, 2.45) is 5.73 Å². The average Bonchev–Trinajstić information content (AvgIpc) is 2.89. The van der Waals surface area contributed by atoms with Crippen LogP contribution in [0, 0.1) is 6.92 Å². The van der Waals surface area contributed by atoms with E-state index in [1.54, 1.807) is 0 Å². The Hall–Kier alpha value is -1.13. The van der Waals surface area contributed by atoms with Crippen molar-refractivity contribution in [1.82, 2.24) is 0 Å². The average molecular weight is 278 g/mol. The summed E-state index contributed by atoms with van der Waals surface area (Å²) in [5.74, 6) is 0. The van der Waals surface area contributed by atoms with Crippen LogP contribution in [-0.2, 0) is 4.74 Å². The molecule has 2 rings (SSSR count). The summed E-state index contributed by atoms with van der Waals surface area (Å²) in [4.78, 5) is 0.433. The van der Waals surface area contributed by atoms with E-state index < -0.39 is 0 Å². The first kappa shape index (κ1) is 14.3. The minimum absolute atomic E-state index is 0.433. The molecule has 0 saturated heterocycles. The SMILES string of the molecule is Cc1ccc(NCCOC2CCCC2)c(C(N)=S)c1. The van der Waals surface area contributed by atoms with Crippen molar-refractivity contribution in [3.63, 3.8) is 0 Å². The smallest absolute Gasteiger partial charge is 0.106 e. The molecule has 1 aliphatic rings. The Morgan fingerprint density at radius 1 is 1.42 bits per heavy atom. The lowest BCUT2D eigenvalue weighted by Crippen LogP contribution is -2.18. The number of ether oxygens (including phenoxy) is 1. The topological polar surface area (TPSA) is 47.3 Å². The zero-order chi connectivity index (χ0) is 13.7. The normalized spacial score (nSPS) is 15.6. The Morgan fingerprint density at radius 3 is 2.84 bits per heavy atom. The molecule has 3 N–H and O–H groups in total. The number of hydrogen-bond acceptors (Lipinski definition) is 3. The maximum atomic E-state index is 5.82. The van der Waals surface area contributed by atoms with Crippen molar-refractivity contribution < 1.29 is 4.74 Å². The van der Waals surface area contributed by atoms with Gasteiger partial charge in [-0.25, -0.2) is 0 Å². The van der Waals surface area contributed by atoms with E-state index in [9.17, 15) is 0 Å². The van der Waals surface area contributed by atoms with Gasteiger partial charge < -0.3 is 15.8 Å². The minimum atomic E-state index is 0.433. The quantitative estimate of drug-likeness (QED) is 0.620. The predicted octanol–water partition coefficient (Wildman–Crippen LogP) is 3.00. The largest absolute Gasteiger partial charge is 0.389 e. The van der Waals surface area contributed by atoms with Gasteiger partial charge in [0.2, 0.25) is 0 Å². The second-order valence-corrected chi connectivity index (χ2v) is 5.56. The standard InChI is InChI=1S/C15H22N2OS/c1-11-6-7-14(13(10-11)15(16)19)17-8-9-18-12-4-2-3-5-12/h6-7,10,12,17H,2-5,8-9H2,1H3,(H2,16,19). The summed E-state index contributed by atoms with van der Waals surface area (Å²) in [7, 11) is 0. The second kappa shape index (κ2) is 6.87. The highest BCUT2D eigenvalue weighted by atomic mass is 32.1. The fraction of sp³-hybridized carbons (Fsp3) is 0.533. The first-order valence-corrected chi connectivity index (χ1v) is 7.33. The zero-order valence-corrected chi connectivity index (χ0v) is 12.3. The lowest BCUT2D eigenvalue weighted by molar-refractivity contribution is 0.0659. The van der Waals surface area contributed by atoms with E-state index in [1.807, 2.05) is 19.1 Å². The van der Waals surface area contributed by atoms with Gasteiger partial charge in [-0.2, -0.15) is 0 Å². The molecule has 0 aromatic heterocycles. The Morgan fingerprint density at radius 2 is 2.16 bits per heavy atom. The molecule has 19 heavy (non-hydrogen) atoms. The first-order valence-electron chi connectivity index (χ1n) is 6.93. The van der Waals surface area contributed by atoms with Crippen molar-refractivity contribution in [1.29, 1.82) is 0 Å². The van der Waals surface area contributed by atoms with Crippen LogP contribution in [0.3, 0.4) is 0 Å². The highest BCUT2D eigenvalue weighted by Gasteiger charge is 2.14. The van der Waals surface area contributed by atoms with Crippen LogP contribution in [0.1, 0.15) is 36.8 Å². The number of rotatable bonds is 6. The molecule has 0 atom stereocenters. The van der Waals surface area contributed by atoms with Gasteiger partial charge in [0.15, 0.2) is 0 Å². The molecule has 0 amide bonds. The third-order valence-corrected chi connectivity index (χ3v) is 3.73. The fourth-order valence-corrected chi connectivity index (χ4v) is 2.65. The van der Waals surface area contributed by atoms with Crippen molar-refractivity contribution >= 4 is 22.9 Å². The van der Waals surface area contributed by atoms with Crippen molar-refractivity contribution in [2.75, 3.05) is 18.5 Å². The molecule has 0 bridgehead atoms. The van der Waals surface area contributed by atoms with Gasteiger partial charge in [0.05, 0.1) is 12.7 Å². The Bertz CT molecular complexity index is 442. The molecule has 1 aromatic carbocycles. The maximum absolute atomic E-state index is 5.82. The molecule has 0 aliphatic heterocycles. The summed E-state index contributed by atoms with van der Waals surface area (Å²) in [5, 5.41) is 3.35. The van der Waals surface area contributed by atoms with Gasteiger partial charge >= 0.3 is 0 Å². The zero-order valence-electron chi connectivity index (χ0n) is 11.4. The lowest BCUT2D eigenvalue weighted by atomic mass is 10.1. The van der Waals surface area contributed by atoms with Crippen LogP contribution in [0.4, 0.5) is 5.69 Å². The van der Waals surface area contributed by atoms with E-state index in [0.29, 0.717) is 11.1 Å². The van der Waals surface area contributed by atoms with E-state index in [1.165, 1.54) is 25.7 Å². The number of nitrogens with two attached hydrogens (primary N) is 1. The number of hydrogen-bond donors (Lipinski definition) is 2. The van der Waals surface area contributed by atoms with Crippen LogP contribution < -0.4 is 11.1 Å². The van der Waals surface area contributed by atoms with Crippen LogP contribution in [0.15, 0.2) is 18.2 Å². The summed E-state index contributed by atoms with van der Waals surface area (Å²) in [6.45, 7) is 3.55. The van der Waals surface area contributed by atoms with Crippen LogP contribution in [0.25, 0.3) is 0 Å². The monoisotopic (exact) mass is 278 g/mol. The van der Waals surface area contributed by atoms with Crippen LogP contribution in [0.5, 0.6) is 0 Å². The molecule has 1 fully saturated rings.